The van der Waals surface area contributed by atoms with Crippen molar-refractivity contribution in [2.24, 2.45) is 0 Å². The molecule has 6 heteroatoms. The quantitative estimate of drug-likeness (QED) is 0.361. The van der Waals surface area contributed by atoms with Gasteiger partial charge in [0.1, 0.15) is 0 Å². The van der Waals surface area contributed by atoms with Crippen molar-refractivity contribution >= 4 is 39.5 Å². The molecule has 1 heterocycles. The van der Waals surface area contributed by atoms with Gasteiger partial charge in [0, 0.05) is 5.39 Å². The molecule has 0 amide bonds. The molecular weight excluding hydrogens is 403 g/mol. The minimum Gasteiger partial charge on any atom is -0.549 e. The fraction of sp³-hybridized carbons (Fsp3) is 0.250. The number of nitrogens with zero attached hydrogens (tertiary/aromatic N) is 2. The molecule has 0 spiro atoms. The third-order valence-electron chi connectivity index (χ3n) is 5.56. The van der Waals surface area contributed by atoms with E-state index in [1.165, 1.54) is 35.6 Å². The van der Waals surface area contributed by atoms with E-state index in [0.717, 1.165) is 22.1 Å². The Hall–Kier alpha value is -1.79. The Balaban J connectivity index is 0.00000218. The molecule has 0 N–H and O–H groups in total. The normalized spacial score (nSPS) is 14.1. The molecule has 5 rings (SSSR count). The maximum absolute atomic E-state index is 11.7. The van der Waals surface area contributed by atoms with E-state index in [1.54, 1.807) is 13.8 Å². The molecule has 0 saturated heterocycles. The first-order chi connectivity index (χ1) is 14.0. The van der Waals surface area contributed by atoms with E-state index in [4.69, 9.17) is 4.98 Å². The molecule has 3 aromatic carbocycles. The van der Waals surface area contributed by atoms with Crippen LogP contribution in [0.5, 0.6) is 0 Å². The Kier molecular flexibility index (Phi) is 5.75. The molecule has 1 saturated carbocycles. The molecule has 0 bridgehead atoms. The summed E-state index contributed by atoms with van der Waals surface area (Å²) in [5, 5.41) is 14.7. The van der Waals surface area contributed by atoms with Gasteiger partial charge >= 0.3 is 29.6 Å². The number of carboxylic acids is 1. The summed E-state index contributed by atoms with van der Waals surface area (Å²) in [6.45, 7) is 3.32. The largest absolute Gasteiger partial charge is 1.00 e. The smallest absolute Gasteiger partial charge is 0.549 e. The average Bonchev–Trinajstić information content (AvgIpc) is 3.48. The zero-order valence-corrected chi connectivity index (χ0v) is 20.2. The molecule has 1 aliphatic carbocycles. The predicted molar refractivity (Wildman–Crippen MR) is 115 cm³/mol. The standard InChI is InChI=1S/C24H22N2O2S.Na/c1-24(2,22(27)28)29-23-25-19-9-5-6-10-21(19)26(23)20-14-13-16(15-11-12-15)17-7-3-4-8-18(17)20;/h3-10,13-15H,11-12H2,1-2H3,(H,27,28);/q;+1/p-1. The van der Waals surface area contributed by atoms with Gasteiger partial charge in [-0.1, -0.05) is 54.2 Å². The number of imidazole rings is 1. The van der Waals surface area contributed by atoms with Gasteiger partial charge in [-0.15, -0.1) is 0 Å². The van der Waals surface area contributed by atoms with Crippen LogP contribution in [-0.2, 0) is 4.79 Å². The summed E-state index contributed by atoms with van der Waals surface area (Å²) in [6.07, 6.45) is 2.50. The van der Waals surface area contributed by atoms with Gasteiger partial charge in [0.2, 0.25) is 0 Å². The summed E-state index contributed by atoms with van der Waals surface area (Å²) >= 11 is 1.22. The fourth-order valence-electron chi connectivity index (χ4n) is 3.83. The van der Waals surface area contributed by atoms with Crippen LogP contribution in [0.1, 0.15) is 38.2 Å². The van der Waals surface area contributed by atoms with E-state index in [0.29, 0.717) is 11.1 Å². The van der Waals surface area contributed by atoms with Gasteiger partial charge in [-0.2, -0.15) is 0 Å². The zero-order valence-electron chi connectivity index (χ0n) is 17.4. The molecule has 1 aliphatic rings. The third kappa shape index (κ3) is 3.69. The maximum Gasteiger partial charge on any atom is 1.00 e. The van der Waals surface area contributed by atoms with Crippen molar-refractivity contribution in [1.29, 1.82) is 0 Å². The number of carboxylic acid groups (broad SMARTS) is 1. The van der Waals surface area contributed by atoms with Crippen LogP contribution in [0.4, 0.5) is 0 Å². The van der Waals surface area contributed by atoms with Crippen LogP contribution in [0.2, 0.25) is 0 Å². The van der Waals surface area contributed by atoms with Crippen LogP contribution in [-0.4, -0.2) is 20.3 Å². The van der Waals surface area contributed by atoms with Gasteiger partial charge in [-0.05, 0) is 61.8 Å². The fourth-order valence-corrected chi connectivity index (χ4v) is 4.80. The first kappa shape index (κ1) is 21.4. The Morgan fingerprint density at radius 1 is 1.03 bits per heavy atom. The monoisotopic (exact) mass is 424 g/mol. The number of aliphatic carboxylic acids is 1. The SMILES string of the molecule is CC(C)(Sc1nc2ccccc2n1-c1ccc(C2CC2)c2ccccc12)C(=O)[O-].[Na+]. The third-order valence-corrected chi connectivity index (χ3v) is 6.69. The van der Waals surface area contributed by atoms with Gasteiger partial charge in [0.25, 0.3) is 0 Å². The Bertz CT molecular complexity index is 1260. The van der Waals surface area contributed by atoms with Crippen LogP contribution in [0, 0.1) is 0 Å². The summed E-state index contributed by atoms with van der Waals surface area (Å²) in [6, 6.07) is 20.8. The van der Waals surface area contributed by atoms with Crippen LogP contribution >= 0.6 is 11.8 Å². The number of fused-ring (bicyclic) bond motifs is 2. The Morgan fingerprint density at radius 2 is 1.70 bits per heavy atom. The van der Waals surface area contributed by atoms with E-state index in [9.17, 15) is 9.90 Å². The second-order valence-corrected chi connectivity index (χ2v) is 9.70. The number of benzene rings is 3. The predicted octanol–water partition coefficient (Wildman–Crippen LogP) is 1.68. The number of thioether (sulfide) groups is 1. The molecule has 1 fully saturated rings. The van der Waals surface area contributed by atoms with Crippen molar-refractivity contribution in [2.45, 2.75) is 42.5 Å². The minimum atomic E-state index is -1.10. The number of carbonyl (C=O) groups excluding carboxylic acids is 1. The van der Waals surface area contributed by atoms with Crippen molar-refractivity contribution in [2.75, 3.05) is 0 Å². The van der Waals surface area contributed by atoms with Crippen LogP contribution in [0.3, 0.4) is 0 Å². The number of rotatable bonds is 5. The van der Waals surface area contributed by atoms with Crippen molar-refractivity contribution in [3.63, 3.8) is 0 Å². The Morgan fingerprint density at radius 3 is 2.40 bits per heavy atom. The zero-order chi connectivity index (χ0) is 20.2. The molecule has 146 valence electrons. The molecule has 4 nitrogen and oxygen atoms in total. The summed E-state index contributed by atoms with van der Waals surface area (Å²) in [5.41, 5.74) is 4.24. The summed E-state index contributed by atoms with van der Waals surface area (Å²) in [7, 11) is 0. The summed E-state index contributed by atoms with van der Waals surface area (Å²) < 4.78 is 0.993. The second kappa shape index (κ2) is 8.04. The van der Waals surface area contributed by atoms with Crippen molar-refractivity contribution in [3.05, 3.63) is 66.2 Å². The molecule has 0 unspecified atom stereocenters. The van der Waals surface area contributed by atoms with E-state index < -0.39 is 10.7 Å². The van der Waals surface area contributed by atoms with Gasteiger partial charge in [-0.3, -0.25) is 4.57 Å². The molecule has 1 aromatic heterocycles. The van der Waals surface area contributed by atoms with Crippen molar-refractivity contribution < 1.29 is 39.5 Å². The number of para-hydroxylation sites is 2. The van der Waals surface area contributed by atoms with Crippen LogP contribution < -0.4 is 34.7 Å². The topological polar surface area (TPSA) is 58.0 Å². The van der Waals surface area contributed by atoms with Crippen LogP contribution in [0.25, 0.3) is 27.5 Å². The van der Waals surface area contributed by atoms with E-state index >= 15 is 0 Å². The molecular formula is C24H21N2NaO2S. The Labute approximate surface area is 202 Å². The first-order valence-electron chi connectivity index (χ1n) is 9.86. The maximum atomic E-state index is 11.7. The minimum absolute atomic E-state index is 0. The van der Waals surface area contributed by atoms with Crippen molar-refractivity contribution in [1.82, 2.24) is 9.55 Å². The number of aromatic nitrogens is 2. The molecule has 30 heavy (non-hydrogen) atoms. The van der Waals surface area contributed by atoms with E-state index in [-0.39, 0.29) is 29.6 Å². The number of hydrogen-bond donors (Lipinski definition) is 0. The van der Waals surface area contributed by atoms with E-state index in [2.05, 4.69) is 41.0 Å². The average molecular weight is 425 g/mol. The van der Waals surface area contributed by atoms with Crippen molar-refractivity contribution in [3.8, 4) is 5.69 Å². The van der Waals surface area contributed by atoms with Gasteiger partial charge in [-0.25, -0.2) is 4.98 Å². The van der Waals surface area contributed by atoms with Gasteiger partial charge < -0.3 is 9.90 Å². The summed E-state index contributed by atoms with van der Waals surface area (Å²) in [4.78, 5) is 16.4. The van der Waals surface area contributed by atoms with Crippen LogP contribution in [0.15, 0.2) is 65.8 Å². The molecule has 0 radical (unpaired) electrons. The second-order valence-electron chi connectivity index (χ2n) is 8.11. The molecule has 0 aliphatic heterocycles. The van der Waals surface area contributed by atoms with E-state index in [1.807, 2.05) is 24.3 Å². The first-order valence-corrected chi connectivity index (χ1v) is 10.7. The number of carbonyl (C=O) groups is 1. The molecule has 4 aromatic rings. The number of hydrogen-bond acceptors (Lipinski definition) is 4. The summed E-state index contributed by atoms with van der Waals surface area (Å²) in [5.74, 6) is -0.450. The molecule has 0 atom stereocenters. The van der Waals surface area contributed by atoms with Gasteiger partial charge in [0.05, 0.1) is 27.4 Å². The van der Waals surface area contributed by atoms with Gasteiger partial charge in [0.15, 0.2) is 5.16 Å².